The van der Waals surface area contributed by atoms with Gasteiger partial charge in [-0.3, -0.25) is 19.3 Å². The molecule has 0 radical (unpaired) electrons. The van der Waals surface area contributed by atoms with Crippen LogP contribution >= 0.6 is 0 Å². The van der Waals surface area contributed by atoms with Crippen LogP contribution in [0.25, 0.3) is 0 Å². The average molecular weight is 331 g/mol. The van der Waals surface area contributed by atoms with Crippen molar-refractivity contribution in [3.63, 3.8) is 0 Å². The van der Waals surface area contributed by atoms with Crippen molar-refractivity contribution in [3.8, 4) is 0 Å². The van der Waals surface area contributed by atoms with Crippen LogP contribution in [0.5, 0.6) is 0 Å². The first kappa shape index (κ1) is 14.6. The number of hydrogen-bond donors (Lipinski definition) is 0. The second-order valence-corrected chi connectivity index (χ2v) is 7.28. The van der Waals surface area contributed by atoms with Crippen LogP contribution in [0.2, 0.25) is 0 Å². The number of carbonyl (C=O) groups excluding carboxylic acids is 3. The van der Waals surface area contributed by atoms with Gasteiger partial charge >= 0.3 is 0 Å². The van der Waals surface area contributed by atoms with Gasteiger partial charge in [-0.05, 0) is 30.2 Å². The predicted molar refractivity (Wildman–Crippen MR) is 92.2 cm³/mol. The molecule has 1 saturated heterocycles. The lowest BCUT2D eigenvalue weighted by atomic mass is 9.56. The minimum atomic E-state index is -0.546. The number of ketones is 1. The number of rotatable bonds is 1. The molecule has 3 aliphatic carbocycles. The van der Waals surface area contributed by atoms with Crippen molar-refractivity contribution in [2.75, 3.05) is 4.90 Å². The predicted octanol–water partition coefficient (Wildman–Crippen LogP) is 2.95. The Morgan fingerprint density at radius 2 is 1.48 bits per heavy atom. The van der Waals surface area contributed by atoms with Crippen molar-refractivity contribution in [2.24, 2.45) is 11.8 Å². The van der Waals surface area contributed by atoms with Gasteiger partial charge in [0.1, 0.15) is 5.78 Å². The van der Waals surface area contributed by atoms with E-state index in [2.05, 4.69) is 0 Å². The number of Topliss-reactive ketones (excluding diaryl/α,β-unsaturated/α-hetero) is 1. The summed E-state index contributed by atoms with van der Waals surface area (Å²) in [5.74, 6) is -1.89. The minimum Gasteiger partial charge on any atom is -0.299 e. The minimum absolute atomic E-state index is 0.0943. The maximum atomic E-state index is 13.1. The van der Waals surface area contributed by atoms with E-state index in [1.807, 2.05) is 43.3 Å². The van der Waals surface area contributed by atoms with Gasteiger partial charge < -0.3 is 0 Å². The van der Waals surface area contributed by atoms with Gasteiger partial charge in [0.05, 0.1) is 23.4 Å². The number of fused-ring (bicyclic) bond motifs is 1. The quantitative estimate of drug-likeness (QED) is 0.755. The SMILES string of the molecule is Cc1ccc(N2C(=O)[C@@H]3[C@H](C2=O)[C@H]2C(=O)C[C@H]3c3ccccc32)cc1. The lowest BCUT2D eigenvalue weighted by molar-refractivity contribution is -0.134. The lowest BCUT2D eigenvalue weighted by Gasteiger charge is -2.43. The summed E-state index contributed by atoms with van der Waals surface area (Å²) in [7, 11) is 0. The fourth-order valence-corrected chi connectivity index (χ4v) is 4.91. The van der Waals surface area contributed by atoms with Gasteiger partial charge in [-0.2, -0.15) is 0 Å². The zero-order valence-electron chi connectivity index (χ0n) is 13.8. The van der Waals surface area contributed by atoms with E-state index in [9.17, 15) is 14.4 Å². The highest BCUT2D eigenvalue weighted by atomic mass is 16.2. The molecule has 2 aromatic carbocycles. The van der Waals surface area contributed by atoms with Gasteiger partial charge in [0, 0.05) is 12.3 Å². The van der Waals surface area contributed by atoms with Crippen LogP contribution in [0.3, 0.4) is 0 Å². The Labute approximate surface area is 145 Å². The summed E-state index contributed by atoms with van der Waals surface area (Å²) in [4.78, 5) is 40.2. The second kappa shape index (κ2) is 4.88. The normalized spacial score (nSPS) is 29.8. The Bertz CT molecular complexity index is 930. The first-order chi connectivity index (χ1) is 12.1. The van der Waals surface area contributed by atoms with Crippen LogP contribution in [0.1, 0.15) is 34.9 Å². The standard InChI is InChI=1S/C21H17NO3/c1-11-6-8-12(9-7-11)22-20(24)18-15-10-16(23)17(19(18)21(22)25)14-5-3-2-4-13(14)15/h2-9,15,17-19H,10H2,1H3/t15-,17+,18-,19+/m0/s1. The van der Waals surface area contributed by atoms with Crippen LogP contribution in [0.15, 0.2) is 48.5 Å². The van der Waals surface area contributed by atoms with Crippen LogP contribution in [0.4, 0.5) is 5.69 Å². The molecule has 4 atom stereocenters. The van der Waals surface area contributed by atoms with Crippen molar-refractivity contribution in [1.82, 2.24) is 0 Å². The Kier molecular flexibility index (Phi) is 2.85. The van der Waals surface area contributed by atoms with Gasteiger partial charge in [0.2, 0.25) is 11.8 Å². The van der Waals surface area contributed by atoms with Gasteiger partial charge in [-0.25, -0.2) is 0 Å². The lowest BCUT2D eigenvalue weighted by Crippen LogP contribution is -2.44. The van der Waals surface area contributed by atoms with E-state index in [1.54, 1.807) is 12.1 Å². The highest BCUT2D eigenvalue weighted by molar-refractivity contribution is 6.24. The molecule has 2 amide bonds. The molecular weight excluding hydrogens is 314 g/mol. The van der Waals surface area contributed by atoms with E-state index in [0.29, 0.717) is 12.1 Å². The van der Waals surface area contributed by atoms with Crippen molar-refractivity contribution in [1.29, 1.82) is 0 Å². The van der Waals surface area contributed by atoms with E-state index in [0.717, 1.165) is 16.7 Å². The third-order valence-electron chi connectivity index (χ3n) is 5.98. The highest BCUT2D eigenvalue weighted by Crippen LogP contribution is 2.57. The maximum absolute atomic E-state index is 13.1. The second-order valence-electron chi connectivity index (χ2n) is 7.28. The maximum Gasteiger partial charge on any atom is 0.238 e. The van der Waals surface area contributed by atoms with E-state index in [1.165, 1.54) is 4.90 Å². The molecule has 0 spiro atoms. The number of aryl methyl sites for hydroxylation is 1. The molecule has 1 aliphatic heterocycles. The van der Waals surface area contributed by atoms with Crippen molar-refractivity contribution in [2.45, 2.75) is 25.2 Å². The smallest absolute Gasteiger partial charge is 0.238 e. The fourth-order valence-electron chi connectivity index (χ4n) is 4.91. The van der Waals surface area contributed by atoms with Gasteiger partial charge in [-0.15, -0.1) is 0 Å². The highest BCUT2D eigenvalue weighted by Gasteiger charge is 2.62. The Morgan fingerprint density at radius 3 is 2.20 bits per heavy atom. The van der Waals surface area contributed by atoms with Gasteiger partial charge in [-0.1, -0.05) is 42.0 Å². The van der Waals surface area contributed by atoms with E-state index >= 15 is 0 Å². The molecule has 4 nitrogen and oxygen atoms in total. The number of benzene rings is 2. The largest absolute Gasteiger partial charge is 0.299 e. The molecule has 124 valence electrons. The molecule has 25 heavy (non-hydrogen) atoms. The zero-order valence-corrected chi connectivity index (χ0v) is 13.8. The molecule has 1 saturated carbocycles. The van der Waals surface area contributed by atoms with Crippen LogP contribution in [-0.2, 0) is 14.4 Å². The van der Waals surface area contributed by atoms with Crippen molar-refractivity contribution < 1.29 is 14.4 Å². The first-order valence-corrected chi connectivity index (χ1v) is 8.64. The van der Waals surface area contributed by atoms with Crippen molar-refractivity contribution in [3.05, 3.63) is 65.2 Å². The molecule has 0 N–H and O–H groups in total. The number of carbonyl (C=O) groups is 3. The van der Waals surface area contributed by atoms with E-state index in [4.69, 9.17) is 0 Å². The third kappa shape index (κ3) is 1.79. The summed E-state index contributed by atoms with van der Waals surface area (Å²) in [5, 5.41) is 0. The van der Waals surface area contributed by atoms with Crippen LogP contribution in [0, 0.1) is 18.8 Å². The summed E-state index contributed by atoms with van der Waals surface area (Å²) >= 11 is 0. The summed E-state index contributed by atoms with van der Waals surface area (Å²) < 4.78 is 0. The molecule has 6 rings (SSSR count). The first-order valence-electron chi connectivity index (χ1n) is 8.64. The molecule has 0 unspecified atom stereocenters. The number of amides is 2. The van der Waals surface area contributed by atoms with Crippen LogP contribution in [-0.4, -0.2) is 17.6 Å². The summed E-state index contributed by atoms with van der Waals surface area (Å²) in [6.07, 6.45) is 0.365. The summed E-state index contributed by atoms with van der Waals surface area (Å²) in [5.41, 5.74) is 3.69. The Morgan fingerprint density at radius 1 is 0.840 bits per heavy atom. The molecule has 1 heterocycles. The Hall–Kier alpha value is -2.75. The molecule has 4 aliphatic rings. The summed E-state index contributed by atoms with van der Waals surface area (Å²) in [6.45, 7) is 1.96. The Balaban J connectivity index is 1.65. The molecular formula is C21H17NO3. The molecule has 0 aromatic heterocycles. The summed E-state index contributed by atoms with van der Waals surface area (Å²) in [6, 6.07) is 15.2. The van der Waals surface area contributed by atoms with Crippen LogP contribution < -0.4 is 4.90 Å². The zero-order chi connectivity index (χ0) is 17.3. The van der Waals surface area contributed by atoms with E-state index < -0.39 is 17.8 Å². The fraction of sp³-hybridized carbons (Fsp3) is 0.286. The molecule has 4 heteroatoms. The topological polar surface area (TPSA) is 54.5 Å². The number of hydrogen-bond acceptors (Lipinski definition) is 3. The average Bonchev–Trinajstić information content (AvgIpc) is 2.88. The van der Waals surface area contributed by atoms with E-state index in [-0.39, 0.29) is 23.5 Å². The van der Waals surface area contributed by atoms with Crippen molar-refractivity contribution >= 4 is 23.3 Å². The number of nitrogens with zero attached hydrogens (tertiary/aromatic N) is 1. The number of anilines is 1. The number of imide groups is 1. The third-order valence-corrected chi connectivity index (χ3v) is 5.98. The van der Waals surface area contributed by atoms with Gasteiger partial charge in [0.25, 0.3) is 0 Å². The molecule has 2 aromatic rings. The molecule has 2 bridgehead atoms. The van der Waals surface area contributed by atoms with Gasteiger partial charge in [0.15, 0.2) is 0 Å². The monoisotopic (exact) mass is 331 g/mol. The molecule has 2 fully saturated rings.